The van der Waals surface area contributed by atoms with Crippen LogP contribution < -0.4 is 9.47 Å². The Kier molecular flexibility index (Phi) is 4.63. The van der Waals surface area contributed by atoms with E-state index < -0.39 is 36.4 Å². The van der Waals surface area contributed by atoms with Crippen molar-refractivity contribution in [3.63, 3.8) is 0 Å². The molecular formula is C15H16F3NO5. The minimum Gasteiger partial charge on any atom is -0.496 e. The maximum Gasteiger partial charge on any atom is 0.406 e. The summed E-state index contributed by atoms with van der Waals surface area (Å²) in [6.45, 7) is -1.28. The minimum absolute atomic E-state index is 0.0362. The van der Waals surface area contributed by atoms with Crippen LogP contribution in [0.5, 0.6) is 11.5 Å². The number of hydrogen-bond donors (Lipinski definition) is 1. The molecule has 1 aromatic carbocycles. The zero-order valence-corrected chi connectivity index (χ0v) is 13.0. The number of aliphatic carboxylic acids is 1. The number of carbonyl (C=O) groups is 2. The van der Waals surface area contributed by atoms with Gasteiger partial charge in [0.25, 0.3) is 5.91 Å². The summed E-state index contributed by atoms with van der Waals surface area (Å²) >= 11 is 0. The Morgan fingerprint density at radius 3 is 2.12 bits per heavy atom. The molecule has 1 heterocycles. The SMILES string of the molecule is COc1cccc(OC)c1C(=O)N1CCC(C(=O)O)(C(F)(F)F)C1. The van der Waals surface area contributed by atoms with Crippen LogP contribution in [-0.2, 0) is 4.79 Å². The van der Waals surface area contributed by atoms with Gasteiger partial charge in [-0.3, -0.25) is 9.59 Å². The van der Waals surface area contributed by atoms with E-state index >= 15 is 0 Å². The number of ether oxygens (including phenoxy) is 2. The van der Waals surface area contributed by atoms with Crippen LogP contribution in [0.1, 0.15) is 16.8 Å². The summed E-state index contributed by atoms with van der Waals surface area (Å²) in [6.07, 6.45) is -5.66. The van der Waals surface area contributed by atoms with E-state index in [1.54, 1.807) is 6.07 Å². The lowest BCUT2D eigenvalue weighted by Crippen LogP contribution is -2.47. The van der Waals surface area contributed by atoms with Crippen molar-refractivity contribution in [2.45, 2.75) is 12.6 Å². The molecule has 1 saturated heterocycles. The summed E-state index contributed by atoms with van der Waals surface area (Å²) in [5.74, 6) is -2.48. The number of carboxylic acid groups (broad SMARTS) is 1. The molecule has 0 saturated carbocycles. The quantitative estimate of drug-likeness (QED) is 0.904. The monoisotopic (exact) mass is 347 g/mol. The molecule has 1 aliphatic rings. The number of nitrogens with zero attached hydrogens (tertiary/aromatic N) is 1. The van der Waals surface area contributed by atoms with Gasteiger partial charge in [-0.2, -0.15) is 13.2 Å². The lowest BCUT2D eigenvalue weighted by atomic mass is 9.86. The number of halogens is 3. The average molecular weight is 347 g/mol. The molecule has 1 aromatic rings. The van der Waals surface area contributed by atoms with Gasteiger partial charge in [0.05, 0.1) is 14.2 Å². The number of benzene rings is 1. The summed E-state index contributed by atoms with van der Waals surface area (Å²) in [5, 5.41) is 9.06. The van der Waals surface area contributed by atoms with Gasteiger partial charge >= 0.3 is 12.1 Å². The lowest BCUT2D eigenvalue weighted by molar-refractivity contribution is -0.227. The zero-order chi connectivity index (χ0) is 18.1. The molecule has 1 fully saturated rings. The van der Waals surface area contributed by atoms with Crippen molar-refractivity contribution in [3.05, 3.63) is 23.8 Å². The first-order valence-electron chi connectivity index (χ1n) is 6.98. The van der Waals surface area contributed by atoms with E-state index in [2.05, 4.69) is 0 Å². The first-order valence-corrected chi connectivity index (χ1v) is 6.98. The van der Waals surface area contributed by atoms with Crippen LogP contribution in [-0.4, -0.2) is 55.4 Å². The third-order valence-corrected chi connectivity index (χ3v) is 4.15. The summed E-state index contributed by atoms with van der Waals surface area (Å²) < 4.78 is 49.8. The molecule has 6 nitrogen and oxygen atoms in total. The molecule has 1 atom stereocenters. The van der Waals surface area contributed by atoms with Gasteiger partial charge in [0.1, 0.15) is 17.1 Å². The van der Waals surface area contributed by atoms with Gasteiger partial charge in [-0.05, 0) is 18.6 Å². The zero-order valence-electron chi connectivity index (χ0n) is 13.0. The Hall–Kier alpha value is -2.45. The number of carboxylic acids is 1. The highest BCUT2D eigenvalue weighted by Gasteiger charge is 2.64. The van der Waals surface area contributed by atoms with Crippen molar-refractivity contribution in [1.29, 1.82) is 0 Å². The Morgan fingerprint density at radius 2 is 1.75 bits per heavy atom. The summed E-state index contributed by atoms with van der Waals surface area (Å²) in [4.78, 5) is 24.7. The number of likely N-dealkylation sites (tertiary alicyclic amines) is 1. The smallest absolute Gasteiger partial charge is 0.406 e. The Bertz CT molecular complexity index is 639. The molecule has 0 radical (unpaired) electrons. The Labute approximate surface area is 135 Å². The van der Waals surface area contributed by atoms with Gasteiger partial charge in [0, 0.05) is 13.1 Å². The minimum atomic E-state index is -4.96. The lowest BCUT2D eigenvalue weighted by Gasteiger charge is -2.27. The fraction of sp³-hybridized carbons (Fsp3) is 0.467. The van der Waals surface area contributed by atoms with Crippen LogP contribution in [0.2, 0.25) is 0 Å². The van der Waals surface area contributed by atoms with E-state index in [1.807, 2.05) is 0 Å². The molecule has 24 heavy (non-hydrogen) atoms. The molecule has 0 bridgehead atoms. The van der Waals surface area contributed by atoms with Crippen LogP contribution in [0, 0.1) is 5.41 Å². The summed E-state index contributed by atoms with van der Waals surface area (Å²) in [6, 6.07) is 4.51. The van der Waals surface area contributed by atoms with Crippen LogP contribution in [0.4, 0.5) is 13.2 Å². The van der Waals surface area contributed by atoms with E-state index in [0.717, 1.165) is 4.90 Å². The predicted molar refractivity (Wildman–Crippen MR) is 76.2 cm³/mol. The van der Waals surface area contributed by atoms with Crippen molar-refractivity contribution in [2.75, 3.05) is 27.3 Å². The number of amides is 1. The Morgan fingerprint density at radius 1 is 1.21 bits per heavy atom. The van der Waals surface area contributed by atoms with Gasteiger partial charge in [-0.1, -0.05) is 6.07 Å². The van der Waals surface area contributed by atoms with Gasteiger partial charge in [-0.15, -0.1) is 0 Å². The summed E-state index contributed by atoms with van der Waals surface area (Å²) in [7, 11) is 2.62. The first-order chi connectivity index (χ1) is 11.2. The number of methoxy groups -OCH3 is 2. The van der Waals surface area contributed by atoms with Crippen molar-refractivity contribution in [3.8, 4) is 11.5 Å². The maximum absolute atomic E-state index is 13.2. The highest BCUT2D eigenvalue weighted by molar-refractivity contribution is 6.00. The molecular weight excluding hydrogens is 331 g/mol. The molecule has 1 N–H and O–H groups in total. The third-order valence-electron chi connectivity index (χ3n) is 4.15. The summed E-state index contributed by atoms with van der Waals surface area (Å²) in [5.41, 5.74) is -3.00. The molecule has 0 aliphatic carbocycles. The van der Waals surface area contributed by atoms with Gasteiger partial charge in [-0.25, -0.2) is 0 Å². The molecule has 9 heteroatoms. The van der Waals surface area contributed by atoms with Crippen LogP contribution in [0.3, 0.4) is 0 Å². The number of carbonyl (C=O) groups excluding carboxylic acids is 1. The highest BCUT2D eigenvalue weighted by atomic mass is 19.4. The van der Waals surface area contributed by atoms with E-state index in [0.29, 0.717) is 0 Å². The second-order valence-electron chi connectivity index (χ2n) is 5.40. The van der Waals surface area contributed by atoms with E-state index in [9.17, 15) is 22.8 Å². The number of hydrogen-bond acceptors (Lipinski definition) is 4. The first kappa shape index (κ1) is 17.9. The predicted octanol–water partition coefficient (Wildman–Crippen LogP) is 2.18. The van der Waals surface area contributed by atoms with Gasteiger partial charge in [0.15, 0.2) is 5.41 Å². The van der Waals surface area contributed by atoms with Crippen molar-refractivity contribution in [2.24, 2.45) is 5.41 Å². The second-order valence-corrected chi connectivity index (χ2v) is 5.40. The highest BCUT2D eigenvalue weighted by Crippen LogP contribution is 2.46. The van der Waals surface area contributed by atoms with E-state index in [-0.39, 0.29) is 23.6 Å². The molecule has 1 aliphatic heterocycles. The molecule has 1 unspecified atom stereocenters. The van der Waals surface area contributed by atoms with Crippen LogP contribution >= 0.6 is 0 Å². The second kappa shape index (κ2) is 6.21. The van der Waals surface area contributed by atoms with Crippen molar-refractivity contribution >= 4 is 11.9 Å². The topological polar surface area (TPSA) is 76.1 Å². The normalized spacial score (nSPS) is 20.8. The average Bonchev–Trinajstić information content (AvgIpc) is 3.00. The van der Waals surface area contributed by atoms with Crippen molar-refractivity contribution < 1.29 is 37.3 Å². The van der Waals surface area contributed by atoms with Crippen LogP contribution in [0.25, 0.3) is 0 Å². The van der Waals surface area contributed by atoms with E-state index in [1.165, 1.54) is 26.4 Å². The largest absolute Gasteiger partial charge is 0.496 e. The molecule has 0 aromatic heterocycles. The van der Waals surface area contributed by atoms with E-state index in [4.69, 9.17) is 14.6 Å². The standard InChI is InChI=1S/C15H16F3NO5/c1-23-9-4-3-5-10(24-2)11(9)12(20)19-7-6-14(8-19,13(21)22)15(16,17)18/h3-5H,6-8H2,1-2H3,(H,21,22). The fourth-order valence-electron chi connectivity index (χ4n) is 2.73. The molecule has 1 amide bonds. The molecule has 2 rings (SSSR count). The number of rotatable bonds is 4. The van der Waals surface area contributed by atoms with Gasteiger partial charge in [0.2, 0.25) is 0 Å². The third kappa shape index (κ3) is 2.74. The van der Waals surface area contributed by atoms with Gasteiger partial charge < -0.3 is 19.5 Å². The maximum atomic E-state index is 13.2. The fourth-order valence-corrected chi connectivity index (χ4v) is 2.73. The van der Waals surface area contributed by atoms with Crippen LogP contribution in [0.15, 0.2) is 18.2 Å². The molecule has 132 valence electrons. The van der Waals surface area contributed by atoms with Crippen molar-refractivity contribution in [1.82, 2.24) is 4.90 Å². The number of alkyl halides is 3. The Balaban J connectivity index is 2.39. The molecule has 0 spiro atoms.